The van der Waals surface area contributed by atoms with E-state index in [1.54, 1.807) is 11.8 Å². The fourth-order valence-electron chi connectivity index (χ4n) is 1.31. The standard InChI is InChI=1S/C10H15Br2NO2S/c1-6(9(5-14)16-2)13-4-7-3-8(11)10(12)15-7/h3,6,9,13-14H,4-5H2,1-2H3. The van der Waals surface area contributed by atoms with Crippen molar-refractivity contribution < 1.29 is 9.52 Å². The molecule has 1 rings (SSSR count). The molecule has 0 aromatic carbocycles. The molecular weight excluding hydrogens is 358 g/mol. The molecule has 2 atom stereocenters. The van der Waals surface area contributed by atoms with Gasteiger partial charge in [0.05, 0.1) is 17.6 Å². The van der Waals surface area contributed by atoms with Crippen molar-refractivity contribution in [3.63, 3.8) is 0 Å². The molecule has 1 aromatic rings. The van der Waals surface area contributed by atoms with Gasteiger partial charge in [0.25, 0.3) is 0 Å². The normalized spacial score (nSPS) is 15.1. The lowest BCUT2D eigenvalue weighted by Gasteiger charge is -2.20. The van der Waals surface area contributed by atoms with Gasteiger partial charge >= 0.3 is 0 Å². The largest absolute Gasteiger partial charge is 0.452 e. The van der Waals surface area contributed by atoms with Gasteiger partial charge < -0.3 is 14.8 Å². The van der Waals surface area contributed by atoms with Gasteiger partial charge in [0.2, 0.25) is 0 Å². The van der Waals surface area contributed by atoms with Crippen LogP contribution in [-0.2, 0) is 6.54 Å². The number of aliphatic hydroxyl groups excluding tert-OH is 1. The van der Waals surface area contributed by atoms with Crippen molar-refractivity contribution in [2.75, 3.05) is 12.9 Å². The summed E-state index contributed by atoms with van der Waals surface area (Å²) in [4.78, 5) is 0. The molecule has 0 aliphatic rings. The van der Waals surface area contributed by atoms with Crippen LogP contribution in [0.4, 0.5) is 0 Å². The van der Waals surface area contributed by atoms with Crippen LogP contribution in [0.2, 0.25) is 0 Å². The van der Waals surface area contributed by atoms with Crippen molar-refractivity contribution >= 4 is 43.6 Å². The highest BCUT2D eigenvalue weighted by Gasteiger charge is 2.15. The molecule has 1 aromatic heterocycles. The van der Waals surface area contributed by atoms with E-state index < -0.39 is 0 Å². The van der Waals surface area contributed by atoms with Gasteiger partial charge in [-0.2, -0.15) is 11.8 Å². The Labute approximate surface area is 117 Å². The summed E-state index contributed by atoms with van der Waals surface area (Å²) in [6, 6.07) is 2.17. The molecule has 2 N–H and O–H groups in total. The monoisotopic (exact) mass is 371 g/mol. The van der Waals surface area contributed by atoms with E-state index in [0.29, 0.717) is 11.2 Å². The van der Waals surface area contributed by atoms with Crippen LogP contribution in [0.5, 0.6) is 0 Å². The summed E-state index contributed by atoms with van der Waals surface area (Å²) < 4.78 is 7.08. The van der Waals surface area contributed by atoms with Crippen molar-refractivity contribution in [3.8, 4) is 0 Å². The molecule has 0 saturated carbocycles. The summed E-state index contributed by atoms with van der Waals surface area (Å²) in [5.74, 6) is 0.864. The minimum atomic E-state index is 0.181. The fraction of sp³-hybridized carbons (Fsp3) is 0.600. The van der Waals surface area contributed by atoms with Crippen molar-refractivity contribution in [3.05, 3.63) is 21.0 Å². The third-order valence-electron chi connectivity index (χ3n) is 2.33. The zero-order valence-corrected chi connectivity index (χ0v) is 13.2. The maximum atomic E-state index is 9.14. The van der Waals surface area contributed by atoms with Gasteiger partial charge in [0.1, 0.15) is 5.76 Å². The average molecular weight is 373 g/mol. The van der Waals surface area contributed by atoms with Gasteiger partial charge in [-0.05, 0) is 51.1 Å². The highest BCUT2D eigenvalue weighted by Crippen LogP contribution is 2.26. The molecular formula is C10H15Br2NO2S. The molecule has 0 amide bonds. The van der Waals surface area contributed by atoms with Gasteiger partial charge in [-0.15, -0.1) is 0 Å². The lowest BCUT2D eigenvalue weighted by atomic mass is 10.2. The van der Waals surface area contributed by atoms with Crippen LogP contribution in [0.25, 0.3) is 0 Å². The van der Waals surface area contributed by atoms with Gasteiger partial charge in [0.15, 0.2) is 4.67 Å². The van der Waals surface area contributed by atoms with E-state index in [9.17, 15) is 0 Å². The van der Waals surface area contributed by atoms with Crippen LogP contribution in [-0.4, -0.2) is 29.3 Å². The second-order valence-electron chi connectivity index (χ2n) is 3.46. The molecule has 1 heterocycles. The Morgan fingerprint density at radius 2 is 2.25 bits per heavy atom. The van der Waals surface area contributed by atoms with Crippen LogP contribution >= 0.6 is 43.6 Å². The maximum absolute atomic E-state index is 9.14. The molecule has 2 unspecified atom stereocenters. The zero-order chi connectivity index (χ0) is 12.1. The lowest BCUT2D eigenvalue weighted by molar-refractivity contribution is 0.274. The Bertz CT molecular complexity index is 309. The number of furan rings is 1. The predicted molar refractivity (Wildman–Crippen MR) is 74.8 cm³/mol. The molecule has 6 heteroatoms. The first-order valence-corrected chi connectivity index (χ1v) is 7.76. The predicted octanol–water partition coefficient (Wildman–Crippen LogP) is 3.01. The van der Waals surface area contributed by atoms with Crippen LogP contribution in [0.1, 0.15) is 12.7 Å². The summed E-state index contributed by atoms with van der Waals surface area (Å²) in [5.41, 5.74) is 0. The van der Waals surface area contributed by atoms with Crippen molar-refractivity contribution in [1.29, 1.82) is 0 Å². The Kier molecular flexibility index (Phi) is 6.43. The molecule has 0 bridgehead atoms. The maximum Gasteiger partial charge on any atom is 0.183 e. The van der Waals surface area contributed by atoms with Gasteiger partial charge in [-0.25, -0.2) is 0 Å². The van der Waals surface area contributed by atoms with E-state index in [1.807, 2.05) is 12.3 Å². The molecule has 0 saturated heterocycles. The van der Waals surface area contributed by atoms with Crippen molar-refractivity contribution in [2.45, 2.75) is 24.8 Å². The summed E-state index contributed by atoms with van der Waals surface area (Å²) in [6.45, 7) is 2.90. The van der Waals surface area contributed by atoms with Crippen LogP contribution < -0.4 is 5.32 Å². The third-order valence-corrected chi connectivity index (χ3v) is 5.21. The number of hydrogen-bond donors (Lipinski definition) is 2. The van der Waals surface area contributed by atoms with E-state index in [4.69, 9.17) is 9.52 Å². The Balaban J connectivity index is 2.45. The topological polar surface area (TPSA) is 45.4 Å². The van der Waals surface area contributed by atoms with Crippen LogP contribution in [0.3, 0.4) is 0 Å². The van der Waals surface area contributed by atoms with Crippen LogP contribution in [0.15, 0.2) is 19.6 Å². The van der Waals surface area contributed by atoms with E-state index in [1.165, 1.54) is 0 Å². The molecule has 92 valence electrons. The van der Waals surface area contributed by atoms with E-state index >= 15 is 0 Å². The molecule has 0 radical (unpaired) electrons. The highest BCUT2D eigenvalue weighted by molar-refractivity contribution is 9.13. The van der Waals surface area contributed by atoms with E-state index in [-0.39, 0.29) is 17.9 Å². The minimum absolute atomic E-state index is 0.181. The van der Waals surface area contributed by atoms with Gasteiger partial charge in [-0.1, -0.05) is 0 Å². The number of halogens is 2. The minimum Gasteiger partial charge on any atom is -0.452 e. The Morgan fingerprint density at radius 1 is 1.56 bits per heavy atom. The molecule has 3 nitrogen and oxygen atoms in total. The van der Waals surface area contributed by atoms with Crippen molar-refractivity contribution in [2.24, 2.45) is 0 Å². The first-order chi connectivity index (χ1) is 7.58. The van der Waals surface area contributed by atoms with Crippen molar-refractivity contribution in [1.82, 2.24) is 5.32 Å². The Hall–Kier alpha value is 0.510. The molecule has 0 spiro atoms. The first kappa shape index (κ1) is 14.6. The summed E-state index contributed by atoms with van der Waals surface area (Å²) in [6.07, 6.45) is 2.00. The quantitative estimate of drug-likeness (QED) is 0.805. The second-order valence-corrected chi connectivity index (χ2v) is 6.11. The first-order valence-electron chi connectivity index (χ1n) is 4.89. The fourth-order valence-corrected chi connectivity index (χ4v) is 2.62. The van der Waals surface area contributed by atoms with E-state index in [2.05, 4.69) is 44.1 Å². The van der Waals surface area contributed by atoms with Gasteiger partial charge in [0, 0.05) is 11.3 Å². The van der Waals surface area contributed by atoms with E-state index in [0.717, 1.165) is 10.2 Å². The summed E-state index contributed by atoms with van der Waals surface area (Å²) in [7, 11) is 0. The molecule has 0 aliphatic carbocycles. The number of thioether (sulfide) groups is 1. The molecule has 0 fully saturated rings. The molecule has 0 aliphatic heterocycles. The zero-order valence-electron chi connectivity index (χ0n) is 9.17. The third kappa shape index (κ3) is 4.07. The number of aliphatic hydroxyl groups is 1. The van der Waals surface area contributed by atoms with Crippen LogP contribution in [0, 0.1) is 0 Å². The summed E-state index contributed by atoms with van der Waals surface area (Å²) >= 11 is 8.32. The summed E-state index contributed by atoms with van der Waals surface area (Å²) in [5, 5.41) is 12.7. The average Bonchev–Trinajstić information content (AvgIpc) is 2.57. The molecule has 16 heavy (non-hydrogen) atoms. The smallest absolute Gasteiger partial charge is 0.183 e. The highest BCUT2D eigenvalue weighted by atomic mass is 79.9. The number of rotatable bonds is 6. The lowest BCUT2D eigenvalue weighted by Crippen LogP contribution is -2.36. The SMILES string of the molecule is CSC(CO)C(C)NCc1cc(Br)c(Br)o1. The Morgan fingerprint density at radius 3 is 2.69 bits per heavy atom. The van der Waals surface area contributed by atoms with Gasteiger partial charge in [-0.3, -0.25) is 0 Å². The number of nitrogens with one attached hydrogen (secondary N) is 1. The number of hydrogen-bond acceptors (Lipinski definition) is 4. The second kappa shape index (κ2) is 7.06.